The van der Waals surface area contributed by atoms with Crippen LogP contribution in [0, 0.1) is 5.92 Å². The van der Waals surface area contributed by atoms with Crippen LogP contribution in [0.4, 0.5) is 19.0 Å². The van der Waals surface area contributed by atoms with Crippen molar-refractivity contribution in [3.8, 4) is 5.75 Å². The van der Waals surface area contributed by atoms with Crippen molar-refractivity contribution >= 4 is 29.2 Å². The number of pyridine rings is 1. The first-order chi connectivity index (χ1) is 18.4. The molecule has 39 heavy (non-hydrogen) atoms. The molecule has 1 saturated heterocycles. The largest absolute Gasteiger partial charge is 0.497 e. The van der Waals surface area contributed by atoms with Crippen molar-refractivity contribution in [2.75, 3.05) is 52.8 Å². The highest BCUT2D eigenvalue weighted by Gasteiger charge is 2.24. The number of benzene rings is 1. The highest BCUT2D eigenvalue weighted by molar-refractivity contribution is 6.32. The van der Waals surface area contributed by atoms with Crippen LogP contribution in [0.3, 0.4) is 0 Å². The number of hydrogen-bond donors (Lipinski definition) is 1. The lowest BCUT2D eigenvalue weighted by molar-refractivity contribution is -0.139. The van der Waals surface area contributed by atoms with Gasteiger partial charge in [0.1, 0.15) is 16.7 Å². The second kappa shape index (κ2) is 15.5. The van der Waals surface area contributed by atoms with E-state index in [-0.39, 0.29) is 17.0 Å². The Morgan fingerprint density at radius 1 is 1.15 bits per heavy atom. The van der Waals surface area contributed by atoms with Crippen LogP contribution in [0.25, 0.3) is 0 Å². The molecule has 12 heteroatoms. The molecule has 1 aliphatic heterocycles. The van der Waals surface area contributed by atoms with E-state index in [4.69, 9.17) is 16.3 Å². The number of piperidine rings is 1. The number of aliphatic hydroxyl groups is 1. The lowest BCUT2D eigenvalue weighted by Crippen LogP contribution is -2.35. The number of methoxy groups -OCH3 is 1. The van der Waals surface area contributed by atoms with Crippen molar-refractivity contribution in [2.24, 2.45) is 5.92 Å². The van der Waals surface area contributed by atoms with Gasteiger partial charge in [0, 0.05) is 40.8 Å². The zero-order valence-corrected chi connectivity index (χ0v) is 23.4. The first-order valence-electron chi connectivity index (χ1n) is 12.6. The average molecular weight is 573 g/mol. The number of amides is 2. The average Bonchev–Trinajstić information content (AvgIpc) is 2.91. The Bertz CT molecular complexity index is 1080. The molecule has 2 heterocycles. The third kappa shape index (κ3) is 9.89. The second-order valence-electron chi connectivity index (χ2n) is 9.47. The smallest absolute Gasteiger partial charge is 0.379 e. The number of hydrogen-bond acceptors (Lipinski definition) is 6. The van der Waals surface area contributed by atoms with Crippen LogP contribution in [0.2, 0.25) is 5.15 Å². The van der Waals surface area contributed by atoms with E-state index in [1.54, 1.807) is 63.5 Å². The Balaban J connectivity index is 0.00000124. The van der Waals surface area contributed by atoms with Gasteiger partial charge in [-0.2, -0.15) is 13.2 Å². The predicted octanol–water partition coefficient (Wildman–Crippen LogP) is 4.81. The van der Waals surface area contributed by atoms with Crippen LogP contribution in [0.15, 0.2) is 36.4 Å². The number of nitrogens with zero attached hydrogens (tertiary/aromatic N) is 4. The van der Waals surface area contributed by atoms with Crippen LogP contribution >= 0.6 is 11.6 Å². The molecule has 1 aliphatic rings. The van der Waals surface area contributed by atoms with Crippen LogP contribution in [-0.2, 0) is 4.79 Å². The summed E-state index contributed by atoms with van der Waals surface area (Å²) < 4.78 is 34.2. The summed E-state index contributed by atoms with van der Waals surface area (Å²) in [7, 11) is 6.66. The number of aromatic nitrogens is 1. The van der Waals surface area contributed by atoms with E-state index < -0.39 is 12.8 Å². The minimum atomic E-state index is -3.67. The molecule has 1 N–H and O–H groups in total. The molecular formula is C27H36ClF3N4O4. The van der Waals surface area contributed by atoms with Gasteiger partial charge in [0.25, 0.3) is 11.8 Å². The van der Waals surface area contributed by atoms with Crippen molar-refractivity contribution in [3.63, 3.8) is 0 Å². The molecule has 0 radical (unpaired) electrons. The normalized spacial score (nSPS) is 14.4. The van der Waals surface area contributed by atoms with Gasteiger partial charge in [0.05, 0.1) is 12.7 Å². The van der Waals surface area contributed by atoms with Gasteiger partial charge in [-0.1, -0.05) is 23.7 Å². The summed E-state index contributed by atoms with van der Waals surface area (Å²) in [6.07, 6.45) is 2.76. The number of halogens is 4. The van der Waals surface area contributed by atoms with Gasteiger partial charge in [-0.15, -0.1) is 0 Å². The van der Waals surface area contributed by atoms with E-state index in [1.807, 2.05) is 6.07 Å². The van der Waals surface area contributed by atoms with E-state index in [1.165, 1.54) is 4.90 Å². The molecule has 2 aromatic rings. The van der Waals surface area contributed by atoms with Crippen LogP contribution < -0.4 is 9.64 Å². The molecule has 0 aliphatic carbocycles. The minimum absolute atomic E-state index is 0.160. The molecule has 8 nitrogen and oxygen atoms in total. The van der Waals surface area contributed by atoms with Crippen LogP contribution in [0.5, 0.6) is 5.75 Å². The Hall–Kier alpha value is -3.05. The molecule has 2 amide bonds. The van der Waals surface area contributed by atoms with E-state index >= 15 is 0 Å². The Labute approximate surface area is 232 Å². The van der Waals surface area contributed by atoms with E-state index in [2.05, 4.69) is 9.88 Å². The van der Waals surface area contributed by atoms with Crippen molar-refractivity contribution < 1.29 is 32.6 Å². The molecule has 1 aromatic carbocycles. The number of anilines is 1. The molecule has 0 spiro atoms. The standard InChI is InChI=1S/C26H35ClN4O4.CHF3/c1-29(2)25(33)21-10-11-22(28-24(21)27)31-15-12-18(13-16-31)7-6-14-30(3)26(34)23(32)19-8-5-9-20(17-19)35-4;2-1(3)4/h5,8-11,17-18,23,32H,6-7,12-16H2,1-4H3;1H. The number of alkyl halides is 3. The minimum Gasteiger partial charge on any atom is -0.497 e. The Kier molecular flexibility index (Phi) is 12.8. The monoisotopic (exact) mass is 572 g/mol. The van der Waals surface area contributed by atoms with E-state index in [0.29, 0.717) is 29.3 Å². The number of rotatable bonds is 9. The van der Waals surface area contributed by atoms with Crippen molar-refractivity contribution in [2.45, 2.75) is 38.5 Å². The summed E-state index contributed by atoms with van der Waals surface area (Å²) in [5, 5.41) is 10.7. The van der Waals surface area contributed by atoms with Crippen LogP contribution in [-0.4, -0.2) is 86.3 Å². The summed E-state index contributed by atoms with van der Waals surface area (Å²) in [4.78, 5) is 34.5. The summed E-state index contributed by atoms with van der Waals surface area (Å²) in [5.41, 5.74) is 0.937. The molecule has 1 fully saturated rings. The highest BCUT2D eigenvalue weighted by Crippen LogP contribution is 2.27. The van der Waals surface area contributed by atoms with Gasteiger partial charge in [-0.25, -0.2) is 4.98 Å². The number of ether oxygens (including phenoxy) is 1. The van der Waals surface area contributed by atoms with Gasteiger partial charge >= 0.3 is 6.68 Å². The zero-order valence-electron chi connectivity index (χ0n) is 22.6. The summed E-state index contributed by atoms with van der Waals surface area (Å²) >= 11 is 6.27. The second-order valence-corrected chi connectivity index (χ2v) is 9.82. The molecule has 3 rings (SSSR count). The van der Waals surface area contributed by atoms with Crippen LogP contribution in [0.1, 0.15) is 47.7 Å². The maximum absolute atomic E-state index is 12.6. The predicted molar refractivity (Wildman–Crippen MR) is 144 cm³/mol. The molecule has 1 aromatic heterocycles. The van der Waals surface area contributed by atoms with Gasteiger partial charge in [-0.05, 0) is 61.4 Å². The molecule has 1 unspecified atom stereocenters. The number of aliphatic hydroxyl groups excluding tert-OH is 1. The molecule has 1 atom stereocenters. The molecule has 216 valence electrons. The third-order valence-electron chi connectivity index (χ3n) is 6.53. The lowest BCUT2D eigenvalue weighted by atomic mass is 9.92. The highest BCUT2D eigenvalue weighted by atomic mass is 35.5. The Morgan fingerprint density at radius 3 is 2.36 bits per heavy atom. The first-order valence-corrected chi connectivity index (χ1v) is 12.9. The van der Waals surface area contributed by atoms with Gasteiger partial charge < -0.3 is 24.5 Å². The molecule has 0 bridgehead atoms. The Morgan fingerprint density at radius 2 is 1.79 bits per heavy atom. The van der Waals surface area contributed by atoms with Gasteiger partial charge in [0.15, 0.2) is 6.10 Å². The molecular weight excluding hydrogens is 537 g/mol. The SMILES string of the molecule is COc1cccc(C(O)C(=O)N(C)CCCC2CCN(c3ccc(C(=O)N(C)C)c(Cl)n3)CC2)c1.FC(F)F. The fourth-order valence-corrected chi connectivity index (χ4v) is 4.57. The van der Waals surface area contributed by atoms with Crippen molar-refractivity contribution in [1.29, 1.82) is 0 Å². The number of carbonyl (C=O) groups is 2. The van der Waals surface area contributed by atoms with E-state index in [9.17, 15) is 27.9 Å². The summed E-state index contributed by atoms with van der Waals surface area (Å²) in [6.45, 7) is -1.32. The van der Waals surface area contributed by atoms with Gasteiger partial charge in [-0.3, -0.25) is 9.59 Å². The fourth-order valence-electron chi connectivity index (χ4n) is 4.34. The number of carbonyl (C=O) groups excluding carboxylic acids is 2. The fraction of sp³-hybridized carbons (Fsp3) is 0.519. The quantitative estimate of drug-likeness (QED) is 0.434. The maximum atomic E-state index is 12.6. The summed E-state index contributed by atoms with van der Waals surface area (Å²) in [5.74, 6) is 1.50. The number of likely N-dealkylation sites (N-methyl/N-ethyl adjacent to an activating group) is 1. The first kappa shape index (κ1) is 32.2. The maximum Gasteiger partial charge on any atom is 0.379 e. The van der Waals surface area contributed by atoms with Crippen molar-refractivity contribution in [3.05, 3.63) is 52.7 Å². The summed E-state index contributed by atoms with van der Waals surface area (Å²) in [6, 6.07) is 10.5. The zero-order chi connectivity index (χ0) is 29.1. The van der Waals surface area contributed by atoms with E-state index in [0.717, 1.165) is 44.6 Å². The topological polar surface area (TPSA) is 86.2 Å². The van der Waals surface area contributed by atoms with Gasteiger partial charge in [0.2, 0.25) is 0 Å². The third-order valence-corrected chi connectivity index (χ3v) is 6.82. The van der Waals surface area contributed by atoms with Crippen molar-refractivity contribution in [1.82, 2.24) is 14.8 Å². The molecule has 0 saturated carbocycles. The lowest BCUT2D eigenvalue weighted by Gasteiger charge is -2.33.